The van der Waals surface area contributed by atoms with Gasteiger partial charge in [0, 0.05) is 103 Å². The van der Waals surface area contributed by atoms with Crippen LogP contribution in [0.5, 0.6) is 23.0 Å². The van der Waals surface area contributed by atoms with Gasteiger partial charge in [0.25, 0.3) is 29.2 Å². The molecule has 6 aliphatic rings. The van der Waals surface area contributed by atoms with Crippen molar-refractivity contribution in [2.24, 2.45) is 5.73 Å². The normalized spacial score (nSPS) is 18.9. The number of likely N-dealkylation sites (tertiary alicyclic amines) is 1. The van der Waals surface area contributed by atoms with Crippen LogP contribution in [0.4, 0.5) is 4.79 Å². The quantitative estimate of drug-likeness (QED) is 0.0401. The number of ether oxygens (including phenoxy) is 6. The number of nitrogens with zero attached hydrogens (tertiary/aromatic N) is 4. The smallest absolute Gasteiger partial charge is 0.410 e. The SMILES string of the molecule is COc1cc(C(=O)NC2CCN(C(=O)OC(C)(C)C)CC2)cc(C)c1C.COc1cc(C(=O)NC2CCN(P(=O)(Cl)Cl)CC2)cc(C)c1C.COc1cc(C(=O)NC2CCN(P(=O)(Cl)OC[C@@H]3CCC[C@H](n4cc(C)c(=O)[nH]c4=O)O3)CC2)cc(C)c1C.COc1cc(C(=O)NC2CCNCC2)cc(C)c1C.NC1CCCCC1. The molecule has 0 spiro atoms. The van der Waals surface area contributed by atoms with Gasteiger partial charge < -0.3 is 70.2 Å². The van der Waals surface area contributed by atoms with E-state index >= 15 is 0 Å². The highest BCUT2D eigenvalue weighted by Crippen LogP contribution is 2.60. The van der Waals surface area contributed by atoms with Crippen LogP contribution in [-0.2, 0) is 23.1 Å². The van der Waals surface area contributed by atoms with Crippen LogP contribution in [0.25, 0.3) is 0 Å². The van der Waals surface area contributed by atoms with Crippen molar-refractivity contribution in [2.75, 3.05) is 87.4 Å². The van der Waals surface area contributed by atoms with E-state index in [0.717, 1.165) is 88.4 Å². The summed E-state index contributed by atoms with van der Waals surface area (Å²) in [4.78, 5) is 90.1. The molecule has 3 atom stereocenters. The molecule has 1 unspecified atom stereocenters. The molecule has 6 fully saturated rings. The summed E-state index contributed by atoms with van der Waals surface area (Å²) in [6.07, 6.45) is 14.8. The fraction of sp³-hybridized carbons (Fsp3) is 0.598. The number of piperidine rings is 4. The molecule has 1 aliphatic carbocycles. The summed E-state index contributed by atoms with van der Waals surface area (Å²) in [5, 5.41) is 15.5. The number of hydrogen-bond donors (Lipinski definition) is 7. The zero-order valence-electron chi connectivity index (χ0n) is 69.3. The highest BCUT2D eigenvalue weighted by atomic mass is 35.9. The first-order valence-corrected chi connectivity index (χ1v) is 45.5. The summed E-state index contributed by atoms with van der Waals surface area (Å²) in [5.74, 6) is -0.798. The molecule has 6 heterocycles. The number of benzene rings is 4. The molecular formula is C82H122Cl3N11O16P2. The van der Waals surface area contributed by atoms with Gasteiger partial charge in [-0.3, -0.25) is 42.7 Å². The van der Waals surface area contributed by atoms with Crippen LogP contribution < -0.4 is 62.5 Å². The Morgan fingerprint density at radius 3 is 1.22 bits per heavy atom. The summed E-state index contributed by atoms with van der Waals surface area (Å²) in [6.45, 7) is 24.3. The fourth-order valence-electron chi connectivity index (χ4n) is 14.1. The molecule has 32 heteroatoms. The molecule has 1 aromatic heterocycles. The van der Waals surface area contributed by atoms with Crippen LogP contribution in [0.15, 0.2) is 64.3 Å². The van der Waals surface area contributed by atoms with Gasteiger partial charge >= 0.3 is 24.7 Å². The third kappa shape index (κ3) is 28.4. The first kappa shape index (κ1) is 94.2. The van der Waals surface area contributed by atoms with E-state index in [4.69, 9.17) is 72.4 Å². The van der Waals surface area contributed by atoms with E-state index in [-0.39, 0.29) is 60.5 Å². The lowest BCUT2D eigenvalue weighted by Gasteiger charge is -2.35. The van der Waals surface area contributed by atoms with Crippen LogP contribution in [0.1, 0.15) is 221 Å². The van der Waals surface area contributed by atoms with E-state index in [2.05, 4.69) is 31.6 Å². The van der Waals surface area contributed by atoms with Crippen molar-refractivity contribution >= 4 is 76.3 Å². The van der Waals surface area contributed by atoms with E-state index in [0.29, 0.717) is 136 Å². The summed E-state index contributed by atoms with van der Waals surface area (Å²) in [7, 11) is 6.42. The number of aromatic amines is 1. The number of nitrogens with one attached hydrogen (secondary N) is 6. The van der Waals surface area contributed by atoms with Crippen molar-refractivity contribution < 1.29 is 66.0 Å². The van der Waals surface area contributed by atoms with Gasteiger partial charge in [0.05, 0.1) is 41.2 Å². The molecule has 4 aromatic carbocycles. The van der Waals surface area contributed by atoms with Crippen molar-refractivity contribution in [1.82, 2.24) is 50.4 Å². The Bertz CT molecular complexity index is 4310. The molecule has 8 N–H and O–H groups in total. The zero-order valence-corrected chi connectivity index (χ0v) is 73.4. The fourth-order valence-corrected chi connectivity index (χ4v) is 17.6. The Hall–Kier alpha value is -7.00. The Balaban J connectivity index is 0.000000211. The average Bonchev–Trinajstić information content (AvgIpc) is 0.821. The van der Waals surface area contributed by atoms with E-state index in [1.807, 2.05) is 106 Å². The molecule has 1 saturated carbocycles. The number of aryl methyl sites for hydroxylation is 5. The zero-order chi connectivity index (χ0) is 83.9. The van der Waals surface area contributed by atoms with Crippen molar-refractivity contribution in [1.29, 1.82) is 0 Å². The van der Waals surface area contributed by atoms with Crippen molar-refractivity contribution in [3.05, 3.63) is 148 Å². The standard InChI is InChI=1S/C26H36ClN4O7P.C20H30N2O4.C15H21Cl2N2O3P.C15H22N2O2.C6H13N/c1-16-12-19(13-22(36-4)18(16)3)25(33)28-20-8-10-30(11-9-20)39(27,35)37-15-21-6-5-7-23(38-21)31-14-17(2)24(32)29-26(31)34;1-13-11-15(12-17(25-6)14(13)2)18(23)21-16-7-9-22(10-8-16)19(24)26-20(3,4)5;1-10-8-12(9-14(22-3)11(10)2)15(20)18-13-4-6-19(7-5-13)23(16,17)21;1-10-8-12(9-14(19-3)11(10)2)15(18)17-13-4-6-16-7-5-13;7-6-4-2-1-3-5-6/h12-14,20-21,23H,5-11,15H2,1-4H3,(H,28,33)(H,29,32,34);11-12,16H,7-10H2,1-6H3,(H,21,23);8-9,13H,4-7H2,1-3H3,(H,18,20);8-9,13,16H,4-7H2,1-3H3,(H,17,18);6H,1-5,7H2/t21-,23+,39?;;;;/m0..../s1. The van der Waals surface area contributed by atoms with Crippen LogP contribution in [-0.4, -0.2) is 183 Å². The minimum Gasteiger partial charge on any atom is -0.496 e. The van der Waals surface area contributed by atoms with E-state index < -0.39 is 42.1 Å². The Kier molecular flexibility index (Phi) is 36.3. The summed E-state index contributed by atoms with van der Waals surface area (Å²) in [5.41, 5.74) is 15.2. The van der Waals surface area contributed by atoms with Gasteiger partial charge in [-0.2, -0.15) is 0 Å². The molecule has 5 aromatic rings. The molecule has 632 valence electrons. The second-order valence-electron chi connectivity index (χ2n) is 31.3. The van der Waals surface area contributed by atoms with Gasteiger partial charge in [-0.15, -0.1) is 0 Å². The molecule has 11 rings (SSSR count). The van der Waals surface area contributed by atoms with E-state index in [9.17, 15) is 42.7 Å². The van der Waals surface area contributed by atoms with Gasteiger partial charge in [-0.1, -0.05) is 19.3 Å². The number of methoxy groups -OCH3 is 4. The summed E-state index contributed by atoms with van der Waals surface area (Å²) < 4.78 is 67.8. The number of carbonyl (C=O) groups is 5. The Morgan fingerprint density at radius 1 is 0.500 bits per heavy atom. The van der Waals surface area contributed by atoms with Crippen LogP contribution in [0, 0.1) is 62.3 Å². The third-order valence-corrected chi connectivity index (χ3v) is 26.5. The maximum absolute atomic E-state index is 13.2. The number of H-pyrrole nitrogens is 1. The highest BCUT2D eigenvalue weighted by molar-refractivity contribution is 8.06. The molecule has 5 amide bonds. The number of halogens is 3. The van der Waals surface area contributed by atoms with Gasteiger partial charge in [0.1, 0.15) is 34.8 Å². The molecule has 27 nitrogen and oxygen atoms in total. The lowest BCUT2D eigenvalue weighted by atomic mass is 9.97. The number of nitrogens with two attached hydrogens (primary N) is 1. The van der Waals surface area contributed by atoms with Crippen LogP contribution >= 0.6 is 46.6 Å². The van der Waals surface area contributed by atoms with Crippen molar-refractivity contribution in [3.63, 3.8) is 0 Å². The van der Waals surface area contributed by atoms with E-state index in [1.54, 1.807) is 67.8 Å². The first-order valence-electron chi connectivity index (χ1n) is 39.5. The highest BCUT2D eigenvalue weighted by Gasteiger charge is 2.37. The topological polar surface area (TPSA) is 335 Å². The third-order valence-electron chi connectivity index (χ3n) is 21.7. The van der Waals surface area contributed by atoms with Crippen molar-refractivity contribution in [2.45, 2.75) is 234 Å². The predicted molar refractivity (Wildman–Crippen MR) is 449 cm³/mol. The average molecular weight is 1690 g/mol. The number of rotatable bonds is 18. The van der Waals surface area contributed by atoms with Crippen molar-refractivity contribution in [3.8, 4) is 23.0 Å². The minimum absolute atomic E-state index is 0.00620. The molecule has 0 bridgehead atoms. The van der Waals surface area contributed by atoms with E-state index in [1.165, 1.54) is 42.9 Å². The lowest BCUT2D eigenvalue weighted by Crippen LogP contribution is -2.47. The monoisotopic (exact) mass is 1680 g/mol. The van der Waals surface area contributed by atoms with Gasteiger partial charge in [0.15, 0.2) is 0 Å². The number of amides is 5. The number of carbonyl (C=O) groups excluding carboxylic acids is 5. The Labute approximate surface area is 686 Å². The van der Waals surface area contributed by atoms with Crippen LogP contribution in [0.3, 0.4) is 0 Å². The Morgan fingerprint density at radius 2 is 0.868 bits per heavy atom. The summed E-state index contributed by atoms with van der Waals surface area (Å²) in [6, 6.07) is 15.4. The molecule has 5 aliphatic heterocycles. The molecule has 0 radical (unpaired) electrons. The molecule has 114 heavy (non-hydrogen) atoms. The predicted octanol–water partition coefficient (Wildman–Crippen LogP) is 14.4. The van der Waals surface area contributed by atoms with Gasteiger partial charge in [0.2, 0.25) is 0 Å². The maximum Gasteiger partial charge on any atom is 0.410 e. The maximum atomic E-state index is 13.2. The van der Waals surface area contributed by atoms with Gasteiger partial charge in [-0.05, 0) is 306 Å². The van der Waals surface area contributed by atoms with Gasteiger partial charge in [-0.25, -0.2) is 18.9 Å². The molecule has 5 saturated heterocycles. The summed E-state index contributed by atoms with van der Waals surface area (Å²) >= 11 is 17.7. The van der Waals surface area contributed by atoms with Crippen LogP contribution in [0.2, 0.25) is 0 Å². The molecular weight excluding hydrogens is 1560 g/mol. The number of hydrogen-bond acceptors (Lipinski definition) is 18. The first-order chi connectivity index (χ1) is 53.8. The second kappa shape index (κ2) is 44.0. The minimum atomic E-state index is -3.61. The number of aromatic nitrogens is 2. The lowest BCUT2D eigenvalue weighted by molar-refractivity contribution is -0.105. The largest absolute Gasteiger partial charge is 0.496 e. The second-order valence-corrected chi connectivity index (χ2v) is 39.0.